The van der Waals surface area contributed by atoms with Crippen LogP contribution in [0.2, 0.25) is 0 Å². The molecule has 0 bridgehead atoms. The third kappa shape index (κ3) is 11.5. The van der Waals surface area contributed by atoms with Gasteiger partial charge in [-0.15, -0.1) is 0 Å². The van der Waals surface area contributed by atoms with E-state index in [1.807, 2.05) is 0 Å². The Morgan fingerprint density at radius 1 is 1.06 bits per heavy atom. The molecule has 0 spiro atoms. The zero-order valence-electron chi connectivity index (χ0n) is 10.7. The van der Waals surface area contributed by atoms with Crippen LogP contribution in [0.4, 0.5) is 0 Å². The second-order valence-corrected chi connectivity index (χ2v) is 4.33. The second kappa shape index (κ2) is 10.9. The Morgan fingerprint density at radius 3 is 2.06 bits per heavy atom. The molecule has 0 saturated carbocycles. The van der Waals surface area contributed by atoms with Crippen LogP contribution in [0.1, 0.15) is 71.6 Å². The van der Waals surface area contributed by atoms with Gasteiger partial charge in [-0.05, 0) is 6.42 Å². The predicted octanol–water partition coefficient (Wildman–Crippen LogP) is 3.40. The molecule has 0 radical (unpaired) electrons. The van der Waals surface area contributed by atoms with Crippen LogP contribution in [0.3, 0.4) is 0 Å². The van der Waals surface area contributed by atoms with Crippen LogP contribution in [0, 0.1) is 0 Å². The van der Waals surface area contributed by atoms with E-state index in [4.69, 9.17) is 0 Å². The summed E-state index contributed by atoms with van der Waals surface area (Å²) >= 11 is 0. The standard InChI is InChI=1S/C13H26O3/c1-3-4-5-6-7-8-9-10-11-13(15)16-12(2)14/h13,15H,3-11H2,1-2H3. The van der Waals surface area contributed by atoms with Gasteiger partial charge in [0.2, 0.25) is 6.29 Å². The minimum atomic E-state index is -0.905. The van der Waals surface area contributed by atoms with Crippen molar-refractivity contribution in [1.29, 1.82) is 0 Å². The number of ether oxygens (including phenoxy) is 1. The highest BCUT2D eigenvalue weighted by atomic mass is 16.6. The van der Waals surface area contributed by atoms with Crippen LogP contribution in [0.5, 0.6) is 0 Å². The van der Waals surface area contributed by atoms with Gasteiger partial charge in [-0.1, -0.05) is 51.9 Å². The van der Waals surface area contributed by atoms with E-state index < -0.39 is 12.3 Å². The second-order valence-electron chi connectivity index (χ2n) is 4.33. The first-order valence-corrected chi connectivity index (χ1v) is 6.52. The summed E-state index contributed by atoms with van der Waals surface area (Å²) in [7, 11) is 0. The van der Waals surface area contributed by atoms with Gasteiger partial charge in [-0.25, -0.2) is 0 Å². The normalized spacial score (nSPS) is 12.4. The molecule has 0 fully saturated rings. The molecule has 0 aliphatic heterocycles. The van der Waals surface area contributed by atoms with Crippen molar-refractivity contribution in [1.82, 2.24) is 0 Å². The molecule has 3 heteroatoms. The third-order valence-electron chi connectivity index (χ3n) is 2.61. The summed E-state index contributed by atoms with van der Waals surface area (Å²) in [4.78, 5) is 10.5. The van der Waals surface area contributed by atoms with E-state index in [0.717, 1.165) is 12.8 Å². The number of rotatable bonds is 10. The third-order valence-corrected chi connectivity index (χ3v) is 2.61. The number of hydrogen-bond acceptors (Lipinski definition) is 3. The van der Waals surface area contributed by atoms with E-state index >= 15 is 0 Å². The topological polar surface area (TPSA) is 46.5 Å². The van der Waals surface area contributed by atoms with E-state index in [9.17, 15) is 9.90 Å². The Morgan fingerprint density at radius 2 is 1.56 bits per heavy atom. The molecule has 0 saturated heterocycles. The van der Waals surface area contributed by atoms with Gasteiger partial charge in [0.15, 0.2) is 0 Å². The smallest absolute Gasteiger partial charge is 0.304 e. The maximum atomic E-state index is 10.5. The van der Waals surface area contributed by atoms with E-state index in [0.29, 0.717) is 6.42 Å². The quantitative estimate of drug-likeness (QED) is 0.355. The molecule has 0 aliphatic carbocycles. The Labute approximate surface area is 99.2 Å². The van der Waals surface area contributed by atoms with Crippen LogP contribution in [0.15, 0.2) is 0 Å². The van der Waals surface area contributed by atoms with Gasteiger partial charge in [0.25, 0.3) is 0 Å². The SMILES string of the molecule is CCCCCCCCCCC(O)OC(C)=O. The van der Waals surface area contributed by atoms with Gasteiger partial charge >= 0.3 is 5.97 Å². The average Bonchev–Trinajstić information content (AvgIpc) is 2.21. The largest absolute Gasteiger partial charge is 0.436 e. The first-order valence-electron chi connectivity index (χ1n) is 6.52. The zero-order chi connectivity index (χ0) is 12.2. The summed E-state index contributed by atoms with van der Waals surface area (Å²) < 4.78 is 4.63. The zero-order valence-corrected chi connectivity index (χ0v) is 10.7. The Balaban J connectivity index is 3.11. The van der Waals surface area contributed by atoms with Crippen molar-refractivity contribution in [2.45, 2.75) is 77.9 Å². The van der Waals surface area contributed by atoms with Gasteiger partial charge in [-0.2, -0.15) is 0 Å². The number of aliphatic hydroxyl groups excluding tert-OH is 1. The highest BCUT2D eigenvalue weighted by Gasteiger charge is 2.05. The lowest BCUT2D eigenvalue weighted by Gasteiger charge is -2.09. The number of hydrogen-bond donors (Lipinski definition) is 1. The molecular formula is C13H26O3. The minimum absolute atomic E-state index is 0.410. The summed E-state index contributed by atoms with van der Waals surface area (Å²) in [5, 5.41) is 9.25. The molecule has 1 unspecified atom stereocenters. The lowest BCUT2D eigenvalue weighted by atomic mass is 10.1. The van der Waals surface area contributed by atoms with Gasteiger partial charge < -0.3 is 9.84 Å². The Hall–Kier alpha value is -0.570. The lowest BCUT2D eigenvalue weighted by Crippen LogP contribution is -2.14. The fourth-order valence-corrected chi connectivity index (χ4v) is 1.70. The van der Waals surface area contributed by atoms with Gasteiger partial charge in [0.1, 0.15) is 0 Å². The van der Waals surface area contributed by atoms with E-state index in [1.165, 1.54) is 45.4 Å². The summed E-state index contributed by atoms with van der Waals surface area (Å²) in [6, 6.07) is 0. The maximum absolute atomic E-state index is 10.5. The summed E-state index contributed by atoms with van der Waals surface area (Å²) in [5.74, 6) is -0.410. The average molecular weight is 230 g/mol. The van der Waals surface area contributed by atoms with Crippen LogP contribution >= 0.6 is 0 Å². The molecule has 1 N–H and O–H groups in total. The summed E-state index contributed by atoms with van der Waals surface area (Å²) in [5.41, 5.74) is 0. The van der Waals surface area contributed by atoms with Crippen molar-refractivity contribution in [2.24, 2.45) is 0 Å². The minimum Gasteiger partial charge on any atom is -0.436 e. The van der Waals surface area contributed by atoms with Crippen LogP contribution in [-0.2, 0) is 9.53 Å². The fourth-order valence-electron chi connectivity index (χ4n) is 1.70. The molecule has 0 aromatic heterocycles. The molecule has 0 aromatic carbocycles. The van der Waals surface area contributed by atoms with Crippen LogP contribution in [-0.4, -0.2) is 17.4 Å². The Kier molecular flexibility index (Phi) is 10.5. The first kappa shape index (κ1) is 15.4. The van der Waals surface area contributed by atoms with Crippen molar-refractivity contribution in [2.75, 3.05) is 0 Å². The summed E-state index contributed by atoms with van der Waals surface area (Å²) in [6.07, 6.45) is 9.49. The van der Waals surface area contributed by atoms with E-state index in [1.54, 1.807) is 0 Å². The van der Waals surface area contributed by atoms with Crippen LogP contribution < -0.4 is 0 Å². The van der Waals surface area contributed by atoms with Crippen molar-refractivity contribution >= 4 is 5.97 Å². The predicted molar refractivity (Wildman–Crippen MR) is 65.0 cm³/mol. The summed E-state index contributed by atoms with van der Waals surface area (Å²) in [6.45, 7) is 3.54. The number of carbonyl (C=O) groups is 1. The van der Waals surface area contributed by atoms with E-state index in [-0.39, 0.29) is 0 Å². The number of carbonyl (C=O) groups excluding carboxylic acids is 1. The van der Waals surface area contributed by atoms with Crippen molar-refractivity contribution in [3.63, 3.8) is 0 Å². The molecule has 1 atom stereocenters. The highest BCUT2D eigenvalue weighted by Crippen LogP contribution is 2.10. The molecule has 0 rings (SSSR count). The van der Waals surface area contributed by atoms with Crippen LogP contribution in [0.25, 0.3) is 0 Å². The molecule has 0 amide bonds. The number of unbranched alkanes of at least 4 members (excludes halogenated alkanes) is 7. The number of esters is 1. The molecule has 0 heterocycles. The van der Waals surface area contributed by atoms with Gasteiger partial charge in [-0.3, -0.25) is 4.79 Å². The van der Waals surface area contributed by atoms with Crippen molar-refractivity contribution < 1.29 is 14.6 Å². The van der Waals surface area contributed by atoms with Gasteiger partial charge in [0.05, 0.1) is 0 Å². The van der Waals surface area contributed by atoms with Crippen molar-refractivity contribution in [3.05, 3.63) is 0 Å². The molecule has 96 valence electrons. The van der Waals surface area contributed by atoms with Crippen molar-refractivity contribution in [3.8, 4) is 0 Å². The molecule has 16 heavy (non-hydrogen) atoms. The highest BCUT2D eigenvalue weighted by molar-refractivity contribution is 5.65. The molecule has 0 aliphatic rings. The molecule has 3 nitrogen and oxygen atoms in total. The Bertz CT molecular complexity index is 169. The molecular weight excluding hydrogens is 204 g/mol. The monoisotopic (exact) mass is 230 g/mol. The number of aliphatic hydroxyl groups is 1. The fraction of sp³-hybridized carbons (Fsp3) is 0.923. The lowest BCUT2D eigenvalue weighted by molar-refractivity contribution is -0.165. The first-order chi connectivity index (χ1) is 7.66. The maximum Gasteiger partial charge on any atom is 0.304 e. The molecule has 0 aromatic rings. The van der Waals surface area contributed by atoms with Gasteiger partial charge in [0, 0.05) is 13.3 Å². The van der Waals surface area contributed by atoms with E-state index in [2.05, 4.69) is 11.7 Å².